The van der Waals surface area contributed by atoms with Crippen LogP contribution in [0.25, 0.3) is 0 Å². The van der Waals surface area contributed by atoms with E-state index in [0.29, 0.717) is 34.1 Å². The first-order valence-corrected chi connectivity index (χ1v) is 8.17. The number of carbonyl (C=O) groups is 2. The summed E-state index contributed by atoms with van der Waals surface area (Å²) in [5.41, 5.74) is 2.86. The first kappa shape index (κ1) is 20.1. The minimum absolute atomic E-state index is 0.322. The molecule has 0 radical (unpaired) electrons. The van der Waals surface area contributed by atoms with Crippen LogP contribution in [0.4, 0.5) is 5.69 Å². The van der Waals surface area contributed by atoms with E-state index >= 15 is 0 Å². The second kappa shape index (κ2) is 8.44. The monoisotopic (exact) mass is 373 g/mol. The molecule has 0 aromatic heterocycles. The van der Waals surface area contributed by atoms with E-state index < -0.39 is 5.97 Å². The predicted molar refractivity (Wildman–Crippen MR) is 101 cm³/mol. The van der Waals surface area contributed by atoms with Crippen molar-refractivity contribution in [2.24, 2.45) is 0 Å². The smallest absolute Gasteiger partial charge is 0.338 e. The molecule has 7 nitrogen and oxygen atoms in total. The first-order valence-electron chi connectivity index (χ1n) is 8.17. The molecule has 7 heteroatoms. The molecule has 0 saturated heterocycles. The van der Waals surface area contributed by atoms with Gasteiger partial charge in [0.05, 0.1) is 34.0 Å². The molecule has 27 heavy (non-hydrogen) atoms. The fourth-order valence-electron chi connectivity index (χ4n) is 2.67. The van der Waals surface area contributed by atoms with Gasteiger partial charge in [-0.3, -0.25) is 4.79 Å². The van der Waals surface area contributed by atoms with Crippen LogP contribution in [0.2, 0.25) is 0 Å². The van der Waals surface area contributed by atoms with Gasteiger partial charge in [-0.1, -0.05) is 0 Å². The van der Waals surface area contributed by atoms with Crippen molar-refractivity contribution >= 4 is 17.6 Å². The minimum atomic E-state index is -0.459. The number of aryl methyl sites for hydroxylation is 1. The Bertz CT molecular complexity index is 850. The highest BCUT2D eigenvalue weighted by Gasteiger charge is 2.18. The molecule has 1 N–H and O–H groups in total. The maximum Gasteiger partial charge on any atom is 0.338 e. The Morgan fingerprint density at radius 1 is 0.852 bits per heavy atom. The summed E-state index contributed by atoms with van der Waals surface area (Å²) in [6, 6.07) is 6.49. The van der Waals surface area contributed by atoms with Gasteiger partial charge in [0.2, 0.25) is 5.75 Å². The number of methoxy groups -OCH3 is 4. The normalized spacial score (nSPS) is 10.1. The van der Waals surface area contributed by atoms with Gasteiger partial charge in [-0.15, -0.1) is 0 Å². The molecule has 0 saturated carbocycles. The summed E-state index contributed by atoms with van der Waals surface area (Å²) < 4.78 is 20.6. The fraction of sp³-hybridized carbons (Fsp3) is 0.300. The highest BCUT2D eigenvalue weighted by molar-refractivity contribution is 6.06. The van der Waals surface area contributed by atoms with Gasteiger partial charge in [0.1, 0.15) is 0 Å². The highest BCUT2D eigenvalue weighted by Crippen LogP contribution is 2.38. The number of amides is 1. The van der Waals surface area contributed by atoms with Crippen molar-refractivity contribution in [1.29, 1.82) is 0 Å². The zero-order chi connectivity index (χ0) is 20.1. The zero-order valence-electron chi connectivity index (χ0n) is 16.3. The Balaban J connectivity index is 2.40. The van der Waals surface area contributed by atoms with E-state index in [1.54, 1.807) is 24.3 Å². The molecule has 0 bridgehead atoms. The lowest BCUT2D eigenvalue weighted by Gasteiger charge is -2.15. The van der Waals surface area contributed by atoms with Crippen molar-refractivity contribution in [3.05, 3.63) is 46.5 Å². The lowest BCUT2D eigenvalue weighted by atomic mass is 10.0. The van der Waals surface area contributed by atoms with Crippen molar-refractivity contribution in [3.63, 3.8) is 0 Å². The number of esters is 1. The third-order valence-corrected chi connectivity index (χ3v) is 4.26. The minimum Gasteiger partial charge on any atom is -0.493 e. The van der Waals surface area contributed by atoms with Crippen LogP contribution in [0, 0.1) is 13.8 Å². The average molecular weight is 373 g/mol. The molecule has 0 heterocycles. The van der Waals surface area contributed by atoms with E-state index in [1.165, 1.54) is 28.4 Å². The average Bonchev–Trinajstić information content (AvgIpc) is 2.68. The number of hydrogen-bond donors (Lipinski definition) is 1. The van der Waals surface area contributed by atoms with E-state index in [1.807, 2.05) is 13.8 Å². The molecule has 0 aliphatic heterocycles. The topological polar surface area (TPSA) is 83.1 Å². The predicted octanol–water partition coefficient (Wildman–Crippen LogP) is 3.37. The van der Waals surface area contributed by atoms with Crippen molar-refractivity contribution in [3.8, 4) is 17.2 Å². The molecule has 0 aliphatic rings. The molecule has 1 amide bonds. The molecule has 0 fully saturated rings. The van der Waals surface area contributed by atoms with Crippen LogP contribution in [0.5, 0.6) is 17.2 Å². The van der Waals surface area contributed by atoms with Crippen molar-refractivity contribution in [2.45, 2.75) is 13.8 Å². The quantitative estimate of drug-likeness (QED) is 0.782. The van der Waals surface area contributed by atoms with Gasteiger partial charge in [0.15, 0.2) is 11.5 Å². The van der Waals surface area contributed by atoms with Crippen molar-refractivity contribution in [1.82, 2.24) is 0 Å². The van der Waals surface area contributed by atoms with E-state index in [-0.39, 0.29) is 5.91 Å². The summed E-state index contributed by atoms with van der Waals surface area (Å²) in [5, 5.41) is 2.79. The molecule has 2 rings (SSSR count). The van der Waals surface area contributed by atoms with Gasteiger partial charge in [-0.25, -0.2) is 4.79 Å². The van der Waals surface area contributed by atoms with E-state index in [4.69, 9.17) is 18.9 Å². The van der Waals surface area contributed by atoms with E-state index in [0.717, 1.165) is 11.1 Å². The van der Waals surface area contributed by atoms with E-state index in [9.17, 15) is 9.59 Å². The molecular weight excluding hydrogens is 350 g/mol. The zero-order valence-corrected chi connectivity index (χ0v) is 16.3. The van der Waals surface area contributed by atoms with Crippen LogP contribution in [-0.2, 0) is 4.74 Å². The number of ether oxygens (including phenoxy) is 4. The van der Waals surface area contributed by atoms with Crippen LogP contribution in [-0.4, -0.2) is 40.3 Å². The van der Waals surface area contributed by atoms with Gasteiger partial charge in [-0.2, -0.15) is 0 Å². The van der Waals surface area contributed by atoms with Crippen LogP contribution in [0.1, 0.15) is 31.8 Å². The number of rotatable bonds is 6. The molecular formula is C20H23NO6. The second-order valence-corrected chi connectivity index (χ2v) is 5.83. The largest absolute Gasteiger partial charge is 0.493 e. The maximum atomic E-state index is 12.7. The number of hydrogen-bond acceptors (Lipinski definition) is 6. The number of benzene rings is 2. The summed E-state index contributed by atoms with van der Waals surface area (Å²) in [5.74, 6) is 0.304. The summed E-state index contributed by atoms with van der Waals surface area (Å²) in [4.78, 5) is 24.7. The summed E-state index contributed by atoms with van der Waals surface area (Å²) in [6.07, 6.45) is 0. The first-order chi connectivity index (χ1) is 12.9. The van der Waals surface area contributed by atoms with Gasteiger partial charge in [0.25, 0.3) is 5.91 Å². The summed E-state index contributed by atoms with van der Waals surface area (Å²) in [6.45, 7) is 3.68. The molecule has 2 aromatic carbocycles. The molecule has 0 aliphatic carbocycles. The Morgan fingerprint density at radius 3 is 1.93 bits per heavy atom. The van der Waals surface area contributed by atoms with Gasteiger partial charge in [0, 0.05) is 11.3 Å². The van der Waals surface area contributed by atoms with E-state index in [2.05, 4.69) is 5.32 Å². The van der Waals surface area contributed by atoms with Crippen LogP contribution in [0.3, 0.4) is 0 Å². The summed E-state index contributed by atoms with van der Waals surface area (Å²) >= 11 is 0. The SMILES string of the molecule is COC(=O)c1cc(NC(=O)c2cc(OC)c(OC)c(OC)c2)cc(C)c1C. The van der Waals surface area contributed by atoms with Crippen LogP contribution >= 0.6 is 0 Å². The Hall–Kier alpha value is -3.22. The Labute approximate surface area is 158 Å². The van der Waals surface area contributed by atoms with Gasteiger partial charge in [-0.05, 0) is 49.2 Å². The fourth-order valence-corrected chi connectivity index (χ4v) is 2.67. The third kappa shape index (κ3) is 4.13. The van der Waals surface area contributed by atoms with Gasteiger partial charge < -0.3 is 24.3 Å². The summed E-state index contributed by atoms with van der Waals surface area (Å²) in [7, 11) is 5.76. The maximum absolute atomic E-state index is 12.7. The van der Waals surface area contributed by atoms with Crippen molar-refractivity contribution < 1.29 is 28.5 Å². The number of anilines is 1. The molecule has 0 unspecified atom stereocenters. The lowest BCUT2D eigenvalue weighted by Crippen LogP contribution is -2.14. The van der Waals surface area contributed by atoms with Crippen LogP contribution < -0.4 is 19.5 Å². The molecule has 144 valence electrons. The number of nitrogens with one attached hydrogen (secondary N) is 1. The molecule has 0 spiro atoms. The Morgan fingerprint density at radius 2 is 1.44 bits per heavy atom. The van der Waals surface area contributed by atoms with Crippen LogP contribution in [0.15, 0.2) is 24.3 Å². The third-order valence-electron chi connectivity index (χ3n) is 4.26. The standard InChI is InChI=1S/C20H23NO6/c1-11-7-14(10-15(12(11)2)20(23)27-6)21-19(22)13-8-16(24-3)18(26-5)17(9-13)25-4/h7-10H,1-6H3,(H,21,22). The van der Waals surface area contributed by atoms with Gasteiger partial charge >= 0.3 is 5.97 Å². The number of carbonyl (C=O) groups excluding carboxylic acids is 2. The second-order valence-electron chi connectivity index (χ2n) is 5.83. The molecule has 0 atom stereocenters. The van der Waals surface area contributed by atoms with Crippen molar-refractivity contribution in [2.75, 3.05) is 33.8 Å². The molecule has 2 aromatic rings. The Kier molecular flexibility index (Phi) is 6.28. The lowest BCUT2D eigenvalue weighted by molar-refractivity contribution is 0.0599. The highest BCUT2D eigenvalue weighted by atomic mass is 16.5.